The summed E-state index contributed by atoms with van der Waals surface area (Å²) in [6, 6.07) is 5.02. The third-order valence-corrected chi connectivity index (χ3v) is 4.97. The van der Waals surface area contributed by atoms with Crippen LogP contribution in [0.15, 0.2) is 18.2 Å². The molecule has 0 unspecified atom stereocenters. The lowest BCUT2D eigenvalue weighted by Crippen LogP contribution is -2.17. The van der Waals surface area contributed by atoms with Gasteiger partial charge in [0.25, 0.3) is 11.8 Å². The smallest absolute Gasteiger partial charge is 0.256 e. The Morgan fingerprint density at radius 2 is 2.04 bits per heavy atom. The Bertz CT molecular complexity index is 854. The molecule has 2 aromatic rings. The number of thiophene rings is 1. The van der Waals surface area contributed by atoms with Gasteiger partial charge in [0.05, 0.1) is 12.0 Å². The van der Waals surface area contributed by atoms with Crippen LogP contribution in [0.4, 0.5) is 10.7 Å². The number of hydrogen-bond donors (Lipinski definition) is 3. The van der Waals surface area contributed by atoms with E-state index in [4.69, 9.17) is 5.73 Å². The van der Waals surface area contributed by atoms with Gasteiger partial charge in [-0.25, -0.2) is 0 Å². The number of benzene rings is 1. The van der Waals surface area contributed by atoms with E-state index in [0.717, 1.165) is 21.7 Å². The monoisotopic (exact) mass is 329 g/mol. The zero-order valence-corrected chi connectivity index (χ0v) is 13.5. The highest BCUT2D eigenvalue weighted by Gasteiger charge is 2.22. The molecule has 3 amide bonds. The van der Waals surface area contributed by atoms with Crippen molar-refractivity contribution in [1.82, 2.24) is 0 Å². The summed E-state index contributed by atoms with van der Waals surface area (Å²) in [5.74, 6) is -0.986. The minimum absolute atomic E-state index is 0.0851. The van der Waals surface area contributed by atoms with Gasteiger partial charge < -0.3 is 16.4 Å². The van der Waals surface area contributed by atoms with Crippen LogP contribution in [-0.2, 0) is 11.2 Å². The highest BCUT2D eigenvalue weighted by molar-refractivity contribution is 7.16. The molecule has 2 heterocycles. The molecule has 3 rings (SSSR count). The van der Waals surface area contributed by atoms with Crippen molar-refractivity contribution < 1.29 is 14.4 Å². The number of amides is 3. The molecule has 0 fully saturated rings. The van der Waals surface area contributed by atoms with E-state index in [1.165, 1.54) is 11.3 Å². The topological polar surface area (TPSA) is 101 Å². The van der Waals surface area contributed by atoms with Crippen molar-refractivity contribution in [3.05, 3.63) is 45.3 Å². The molecule has 1 aliphatic rings. The third kappa shape index (κ3) is 2.70. The molecule has 0 radical (unpaired) electrons. The Morgan fingerprint density at radius 3 is 2.74 bits per heavy atom. The van der Waals surface area contributed by atoms with E-state index in [1.54, 1.807) is 25.1 Å². The number of fused-ring (bicyclic) bond motifs is 1. The minimum Gasteiger partial charge on any atom is -0.365 e. The van der Waals surface area contributed by atoms with E-state index in [2.05, 4.69) is 10.6 Å². The lowest BCUT2D eigenvalue weighted by Gasteiger charge is -2.06. The van der Waals surface area contributed by atoms with Crippen molar-refractivity contribution in [2.75, 3.05) is 10.6 Å². The summed E-state index contributed by atoms with van der Waals surface area (Å²) >= 11 is 1.32. The fourth-order valence-corrected chi connectivity index (χ4v) is 3.62. The van der Waals surface area contributed by atoms with Crippen LogP contribution in [0.1, 0.15) is 36.7 Å². The van der Waals surface area contributed by atoms with Crippen LogP contribution in [0.2, 0.25) is 0 Å². The molecular formula is C16H15N3O3S. The van der Waals surface area contributed by atoms with E-state index in [-0.39, 0.29) is 18.2 Å². The molecule has 118 valence electrons. The third-order valence-electron chi connectivity index (χ3n) is 3.85. The van der Waals surface area contributed by atoms with Crippen molar-refractivity contribution in [2.24, 2.45) is 5.73 Å². The number of carbonyl (C=O) groups is 3. The summed E-state index contributed by atoms with van der Waals surface area (Å²) in [5, 5.41) is 5.92. The van der Waals surface area contributed by atoms with Gasteiger partial charge in [0.1, 0.15) is 5.00 Å². The molecule has 1 aliphatic heterocycles. The van der Waals surface area contributed by atoms with Gasteiger partial charge in [-0.05, 0) is 43.2 Å². The zero-order valence-electron chi connectivity index (χ0n) is 12.6. The highest BCUT2D eigenvalue weighted by Crippen LogP contribution is 2.32. The highest BCUT2D eigenvalue weighted by atomic mass is 32.1. The number of anilines is 2. The molecule has 6 nitrogen and oxygen atoms in total. The van der Waals surface area contributed by atoms with Crippen LogP contribution >= 0.6 is 11.3 Å². The Hall–Kier alpha value is -2.67. The van der Waals surface area contributed by atoms with Crippen LogP contribution in [-0.4, -0.2) is 17.7 Å². The maximum Gasteiger partial charge on any atom is 0.256 e. The number of nitrogens with one attached hydrogen (secondary N) is 2. The molecule has 1 aromatic carbocycles. The Morgan fingerprint density at radius 1 is 1.30 bits per heavy atom. The van der Waals surface area contributed by atoms with E-state index in [1.807, 2.05) is 6.92 Å². The molecular weight excluding hydrogens is 314 g/mol. The zero-order chi connectivity index (χ0) is 16.7. The van der Waals surface area contributed by atoms with Gasteiger partial charge in [-0.15, -0.1) is 11.3 Å². The first-order chi connectivity index (χ1) is 10.9. The summed E-state index contributed by atoms with van der Waals surface area (Å²) in [7, 11) is 0. The molecule has 0 spiro atoms. The number of carbonyl (C=O) groups excluding carboxylic acids is 3. The number of primary amides is 1. The molecule has 0 saturated heterocycles. The number of aryl methyl sites for hydroxylation is 1. The van der Waals surface area contributed by atoms with Gasteiger partial charge in [0, 0.05) is 16.1 Å². The largest absolute Gasteiger partial charge is 0.365 e. The fraction of sp³-hybridized carbons (Fsp3) is 0.188. The van der Waals surface area contributed by atoms with Crippen LogP contribution in [0.3, 0.4) is 0 Å². The molecule has 4 N–H and O–H groups in total. The first kappa shape index (κ1) is 15.2. The Kier molecular flexibility index (Phi) is 3.65. The number of hydrogen-bond acceptors (Lipinski definition) is 4. The van der Waals surface area contributed by atoms with Crippen LogP contribution < -0.4 is 16.4 Å². The number of nitrogens with two attached hydrogens (primary N) is 1. The van der Waals surface area contributed by atoms with Crippen molar-refractivity contribution in [3.8, 4) is 0 Å². The standard InChI is InChI=1S/C16H15N3O3S/c1-7-8(2)23-16(13(7)14(17)21)19-15(22)9-3-4-11-10(5-9)6-12(20)18-11/h3-5H,6H2,1-2H3,(H2,17,21)(H,18,20)(H,19,22). The lowest BCUT2D eigenvalue weighted by molar-refractivity contribution is -0.115. The molecule has 0 atom stereocenters. The van der Waals surface area contributed by atoms with Crippen LogP contribution in [0.25, 0.3) is 0 Å². The van der Waals surface area contributed by atoms with Crippen molar-refractivity contribution in [3.63, 3.8) is 0 Å². The van der Waals surface area contributed by atoms with Gasteiger partial charge in [-0.2, -0.15) is 0 Å². The van der Waals surface area contributed by atoms with Crippen LogP contribution in [0, 0.1) is 13.8 Å². The quantitative estimate of drug-likeness (QED) is 0.804. The van der Waals surface area contributed by atoms with Gasteiger partial charge in [-0.3, -0.25) is 14.4 Å². The van der Waals surface area contributed by atoms with Gasteiger partial charge in [-0.1, -0.05) is 0 Å². The molecule has 7 heteroatoms. The second-order valence-corrected chi connectivity index (χ2v) is 6.63. The normalized spacial score (nSPS) is 12.7. The van der Waals surface area contributed by atoms with Gasteiger partial charge >= 0.3 is 0 Å². The minimum atomic E-state index is -0.564. The summed E-state index contributed by atoms with van der Waals surface area (Å²) in [6.45, 7) is 3.67. The molecule has 23 heavy (non-hydrogen) atoms. The summed E-state index contributed by atoms with van der Waals surface area (Å²) < 4.78 is 0. The lowest BCUT2D eigenvalue weighted by atomic mass is 10.1. The predicted octanol–water partition coefficient (Wildman–Crippen LogP) is 2.21. The Labute approximate surface area is 136 Å². The summed E-state index contributed by atoms with van der Waals surface area (Å²) in [5.41, 5.74) is 8.48. The summed E-state index contributed by atoms with van der Waals surface area (Å²) in [4.78, 5) is 36.3. The average molecular weight is 329 g/mol. The average Bonchev–Trinajstić information content (AvgIpc) is 2.97. The second kappa shape index (κ2) is 5.51. The van der Waals surface area contributed by atoms with E-state index in [0.29, 0.717) is 16.1 Å². The van der Waals surface area contributed by atoms with Crippen LogP contribution in [0.5, 0.6) is 0 Å². The summed E-state index contributed by atoms with van der Waals surface area (Å²) in [6.07, 6.45) is 0.264. The molecule has 0 bridgehead atoms. The molecule has 0 aliphatic carbocycles. The van der Waals surface area contributed by atoms with E-state index in [9.17, 15) is 14.4 Å². The van der Waals surface area contributed by atoms with Crippen molar-refractivity contribution >= 4 is 39.7 Å². The maximum absolute atomic E-state index is 12.4. The first-order valence-electron chi connectivity index (χ1n) is 7.00. The molecule has 1 aromatic heterocycles. The maximum atomic E-state index is 12.4. The van der Waals surface area contributed by atoms with E-state index < -0.39 is 5.91 Å². The predicted molar refractivity (Wildman–Crippen MR) is 89.0 cm³/mol. The SMILES string of the molecule is Cc1sc(NC(=O)c2ccc3c(c2)CC(=O)N3)c(C(N)=O)c1C. The Balaban J connectivity index is 1.89. The van der Waals surface area contributed by atoms with Crippen molar-refractivity contribution in [1.29, 1.82) is 0 Å². The molecule has 0 saturated carbocycles. The van der Waals surface area contributed by atoms with E-state index >= 15 is 0 Å². The second-order valence-electron chi connectivity index (χ2n) is 5.40. The fourth-order valence-electron chi connectivity index (χ4n) is 2.56. The van der Waals surface area contributed by atoms with Gasteiger partial charge in [0.15, 0.2) is 0 Å². The number of rotatable bonds is 3. The first-order valence-corrected chi connectivity index (χ1v) is 7.82. The van der Waals surface area contributed by atoms with Gasteiger partial charge in [0.2, 0.25) is 5.91 Å². The van der Waals surface area contributed by atoms with Crippen molar-refractivity contribution in [2.45, 2.75) is 20.3 Å².